The van der Waals surface area contributed by atoms with Gasteiger partial charge in [-0.25, -0.2) is 4.79 Å². The summed E-state index contributed by atoms with van der Waals surface area (Å²) < 4.78 is 4.58. The molecule has 0 bridgehead atoms. The van der Waals surface area contributed by atoms with Crippen LogP contribution in [0, 0.1) is 18.3 Å². The van der Waals surface area contributed by atoms with Crippen LogP contribution in [0.25, 0.3) is 0 Å². The van der Waals surface area contributed by atoms with Crippen molar-refractivity contribution in [3.05, 3.63) is 34.4 Å². The third-order valence-corrected chi connectivity index (χ3v) is 2.17. The standard InChI is InChI=1S/C11H11NO3/c1-7-3-4-8(6-13)10(9(7)5-12)11(14)15-2/h3-4,13H,6H2,1-2H3. The third-order valence-electron chi connectivity index (χ3n) is 2.17. The number of aliphatic hydroxyl groups excluding tert-OH is 1. The van der Waals surface area contributed by atoms with Crippen molar-refractivity contribution in [2.45, 2.75) is 13.5 Å². The highest BCUT2D eigenvalue weighted by Crippen LogP contribution is 2.19. The number of aryl methyl sites for hydroxylation is 1. The number of methoxy groups -OCH3 is 1. The summed E-state index contributed by atoms with van der Waals surface area (Å²) in [6.07, 6.45) is 0. The van der Waals surface area contributed by atoms with Gasteiger partial charge in [-0.15, -0.1) is 0 Å². The van der Waals surface area contributed by atoms with Crippen molar-refractivity contribution in [3.8, 4) is 6.07 Å². The zero-order valence-electron chi connectivity index (χ0n) is 8.57. The van der Waals surface area contributed by atoms with E-state index >= 15 is 0 Å². The van der Waals surface area contributed by atoms with Crippen molar-refractivity contribution < 1.29 is 14.6 Å². The Balaban J connectivity index is 3.49. The number of carbonyl (C=O) groups excluding carboxylic acids is 1. The zero-order chi connectivity index (χ0) is 11.4. The van der Waals surface area contributed by atoms with Crippen LogP contribution in [0.5, 0.6) is 0 Å². The maximum Gasteiger partial charge on any atom is 0.339 e. The van der Waals surface area contributed by atoms with Gasteiger partial charge in [0.1, 0.15) is 6.07 Å². The van der Waals surface area contributed by atoms with Gasteiger partial charge in [0.15, 0.2) is 0 Å². The number of esters is 1. The van der Waals surface area contributed by atoms with E-state index in [1.807, 2.05) is 6.07 Å². The molecule has 0 unspecified atom stereocenters. The molecule has 0 saturated carbocycles. The number of rotatable bonds is 2. The van der Waals surface area contributed by atoms with Crippen LogP contribution in [0.1, 0.15) is 27.0 Å². The van der Waals surface area contributed by atoms with Gasteiger partial charge in [0.05, 0.1) is 24.8 Å². The SMILES string of the molecule is COC(=O)c1c(CO)ccc(C)c1C#N. The molecule has 4 heteroatoms. The fourth-order valence-electron chi connectivity index (χ4n) is 1.36. The van der Waals surface area contributed by atoms with Crippen molar-refractivity contribution in [2.24, 2.45) is 0 Å². The molecule has 0 amide bonds. The van der Waals surface area contributed by atoms with E-state index in [2.05, 4.69) is 4.74 Å². The van der Waals surface area contributed by atoms with Gasteiger partial charge in [0.2, 0.25) is 0 Å². The molecule has 0 aliphatic heterocycles. The molecule has 4 nitrogen and oxygen atoms in total. The predicted octanol–water partition coefficient (Wildman–Crippen LogP) is 1.15. The number of ether oxygens (including phenoxy) is 1. The molecule has 0 heterocycles. The molecule has 0 saturated heterocycles. The van der Waals surface area contributed by atoms with Crippen LogP contribution >= 0.6 is 0 Å². The lowest BCUT2D eigenvalue weighted by atomic mass is 9.98. The average molecular weight is 205 g/mol. The average Bonchev–Trinajstić information content (AvgIpc) is 2.27. The normalized spacial score (nSPS) is 9.47. The van der Waals surface area contributed by atoms with Crippen LogP contribution in [-0.2, 0) is 11.3 Å². The second-order valence-electron chi connectivity index (χ2n) is 3.05. The first-order chi connectivity index (χ1) is 7.15. The van der Waals surface area contributed by atoms with Gasteiger partial charge in [-0.3, -0.25) is 0 Å². The van der Waals surface area contributed by atoms with Crippen molar-refractivity contribution >= 4 is 5.97 Å². The van der Waals surface area contributed by atoms with Crippen LogP contribution in [0.15, 0.2) is 12.1 Å². The lowest BCUT2D eigenvalue weighted by Gasteiger charge is -2.09. The van der Waals surface area contributed by atoms with Crippen LogP contribution in [0.4, 0.5) is 0 Å². The summed E-state index contributed by atoms with van der Waals surface area (Å²) in [6, 6.07) is 5.25. The second-order valence-corrected chi connectivity index (χ2v) is 3.05. The van der Waals surface area contributed by atoms with Gasteiger partial charge in [-0.05, 0) is 18.1 Å². The zero-order valence-corrected chi connectivity index (χ0v) is 8.57. The fraction of sp³-hybridized carbons (Fsp3) is 0.273. The first-order valence-corrected chi connectivity index (χ1v) is 4.37. The fourth-order valence-corrected chi connectivity index (χ4v) is 1.36. The van der Waals surface area contributed by atoms with E-state index in [0.29, 0.717) is 11.1 Å². The Hall–Kier alpha value is -1.86. The van der Waals surface area contributed by atoms with E-state index in [0.717, 1.165) is 0 Å². The molecule has 1 aromatic carbocycles. The van der Waals surface area contributed by atoms with E-state index in [4.69, 9.17) is 10.4 Å². The highest BCUT2D eigenvalue weighted by Gasteiger charge is 2.18. The number of hydrogen-bond acceptors (Lipinski definition) is 4. The second kappa shape index (κ2) is 4.58. The number of carbonyl (C=O) groups is 1. The minimum Gasteiger partial charge on any atom is -0.465 e. The topological polar surface area (TPSA) is 70.3 Å². The number of aliphatic hydroxyl groups is 1. The van der Waals surface area contributed by atoms with E-state index < -0.39 is 5.97 Å². The molecule has 0 atom stereocenters. The minimum absolute atomic E-state index is 0.155. The summed E-state index contributed by atoms with van der Waals surface area (Å²) in [4.78, 5) is 11.4. The molecule has 0 spiro atoms. The number of benzene rings is 1. The summed E-state index contributed by atoms with van der Waals surface area (Å²) in [6.45, 7) is 1.44. The summed E-state index contributed by atoms with van der Waals surface area (Å²) in [5.74, 6) is -0.598. The predicted molar refractivity (Wildman–Crippen MR) is 53.2 cm³/mol. The maximum atomic E-state index is 11.4. The third kappa shape index (κ3) is 1.97. The molecule has 0 aliphatic carbocycles. The molecule has 0 radical (unpaired) electrons. The summed E-state index contributed by atoms with van der Waals surface area (Å²) in [5.41, 5.74) is 1.51. The molecule has 15 heavy (non-hydrogen) atoms. The molecule has 1 rings (SSSR count). The Morgan fingerprint density at radius 1 is 1.60 bits per heavy atom. The first-order valence-electron chi connectivity index (χ1n) is 4.37. The largest absolute Gasteiger partial charge is 0.465 e. The molecular weight excluding hydrogens is 194 g/mol. The van der Waals surface area contributed by atoms with Gasteiger partial charge in [-0.1, -0.05) is 12.1 Å². The lowest BCUT2D eigenvalue weighted by Crippen LogP contribution is -2.09. The van der Waals surface area contributed by atoms with E-state index in [-0.39, 0.29) is 17.7 Å². The molecule has 1 N–H and O–H groups in total. The molecule has 78 valence electrons. The number of hydrogen-bond donors (Lipinski definition) is 1. The molecule has 0 aromatic heterocycles. The van der Waals surface area contributed by atoms with Crippen molar-refractivity contribution in [3.63, 3.8) is 0 Å². The van der Waals surface area contributed by atoms with Gasteiger partial charge < -0.3 is 9.84 Å². The van der Waals surface area contributed by atoms with Gasteiger partial charge in [-0.2, -0.15) is 5.26 Å². The van der Waals surface area contributed by atoms with Crippen LogP contribution in [0.3, 0.4) is 0 Å². The quantitative estimate of drug-likeness (QED) is 0.735. The highest BCUT2D eigenvalue weighted by atomic mass is 16.5. The Bertz CT molecular complexity index is 432. The molecule has 1 aromatic rings. The Kier molecular flexibility index (Phi) is 3.42. The van der Waals surface area contributed by atoms with Crippen LogP contribution in [-0.4, -0.2) is 18.2 Å². The number of nitriles is 1. The van der Waals surface area contributed by atoms with Crippen molar-refractivity contribution in [2.75, 3.05) is 7.11 Å². The van der Waals surface area contributed by atoms with Crippen molar-refractivity contribution in [1.29, 1.82) is 5.26 Å². The molecule has 0 fully saturated rings. The Morgan fingerprint density at radius 2 is 2.27 bits per heavy atom. The highest BCUT2D eigenvalue weighted by molar-refractivity contribution is 5.94. The van der Waals surface area contributed by atoms with Crippen molar-refractivity contribution in [1.82, 2.24) is 0 Å². The minimum atomic E-state index is -0.598. The first kappa shape index (κ1) is 11.2. The maximum absolute atomic E-state index is 11.4. The molecular formula is C11H11NO3. The van der Waals surface area contributed by atoms with Gasteiger partial charge in [0, 0.05) is 0 Å². The summed E-state index contributed by atoms with van der Waals surface area (Å²) in [7, 11) is 1.24. The van der Waals surface area contributed by atoms with Gasteiger partial charge in [0.25, 0.3) is 0 Å². The Morgan fingerprint density at radius 3 is 2.73 bits per heavy atom. The van der Waals surface area contributed by atoms with Crippen LogP contribution < -0.4 is 0 Å². The number of nitrogens with zero attached hydrogens (tertiary/aromatic N) is 1. The lowest BCUT2D eigenvalue weighted by molar-refractivity contribution is 0.0596. The molecule has 0 aliphatic rings. The smallest absolute Gasteiger partial charge is 0.339 e. The van der Waals surface area contributed by atoms with Crippen LogP contribution in [0.2, 0.25) is 0 Å². The van der Waals surface area contributed by atoms with E-state index in [1.54, 1.807) is 19.1 Å². The summed E-state index contributed by atoms with van der Waals surface area (Å²) >= 11 is 0. The monoisotopic (exact) mass is 205 g/mol. The Labute approximate surface area is 87.7 Å². The van der Waals surface area contributed by atoms with E-state index in [1.165, 1.54) is 7.11 Å². The van der Waals surface area contributed by atoms with E-state index in [9.17, 15) is 4.79 Å². The van der Waals surface area contributed by atoms with Gasteiger partial charge >= 0.3 is 5.97 Å². The summed E-state index contributed by atoms with van der Waals surface area (Å²) in [5, 5.41) is 18.0.